The van der Waals surface area contributed by atoms with Gasteiger partial charge in [-0.25, -0.2) is 0 Å². The third-order valence-electron chi connectivity index (χ3n) is 1.64. The third-order valence-corrected chi connectivity index (χ3v) is 2.16. The molecule has 0 amide bonds. The molecule has 0 atom stereocenters. The number of hydrogen-bond donors (Lipinski definition) is 1. The first-order valence-electron chi connectivity index (χ1n) is 3.26. The molecule has 2 aromatic rings. The molecule has 3 heteroatoms. The zero-order valence-corrected chi connectivity index (χ0v) is 6.49. The standard InChI is InChI=1S/C8H6FNS/c9-11-8-3-1-2-7-6(8)4-5-10-7/h1-5,10H. The van der Waals surface area contributed by atoms with E-state index in [9.17, 15) is 3.89 Å². The second kappa shape index (κ2) is 2.58. The molecule has 0 aliphatic rings. The van der Waals surface area contributed by atoms with Crippen LogP contribution in [-0.4, -0.2) is 4.98 Å². The van der Waals surface area contributed by atoms with Gasteiger partial charge >= 0.3 is 0 Å². The van der Waals surface area contributed by atoms with Crippen LogP contribution in [0.2, 0.25) is 0 Å². The first-order chi connectivity index (χ1) is 5.42. The summed E-state index contributed by atoms with van der Waals surface area (Å²) in [5.74, 6) is 0. The molecule has 1 N–H and O–H groups in total. The van der Waals surface area contributed by atoms with Gasteiger partial charge in [-0.3, -0.25) is 0 Å². The average molecular weight is 167 g/mol. The van der Waals surface area contributed by atoms with Crippen LogP contribution in [0.1, 0.15) is 0 Å². The topological polar surface area (TPSA) is 15.8 Å². The van der Waals surface area contributed by atoms with E-state index in [0.717, 1.165) is 10.9 Å². The maximum Gasteiger partial charge on any atom is 0.0819 e. The van der Waals surface area contributed by atoms with Crippen molar-refractivity contribution in [1.29, 1.82) is 0 Å². The SMILES string of the molecule is FSc1cccc2[nH]ccc12. The molecule has 0 spiro atoms. The average Bonchev–Trinajstić information content (AvgIpc) is 2.50. The Morgan fingerprint density at radius 1 is 1.27 bits per heavy atom. The van der Waals surface area contributed by atoms with Crippen LogP contribution in [0.15, 0.2) is 35.4 Å². The van der Waals surface area contributed by atoms with Crippen molar-refractivity contribution in [2.75, 3.05) is 0 Å². The Labute approximate surface area is 67.9 Å². The normalized spacial score (nSPS) is 10.6. The highest BCUT2D eigenvalue weighted by atomic mass is 32.2. The Bertz CT molecular complexity index is 369. The molecule has 0 bridgehead atoms. The second-order valence-corrected chi connectivity index (χ2v) is 2.87. The fraction of sp³-hybridized carbons (Fsp3) is 0. The van der Waals surface area contributed by atoms with Crippen LogP contribution < -0.4 is 0 Å². The van der Waals surface area contributed by atoms with E-state index in [2.05, 4.69) is 4.98 Å². The Hall–Kier alpha value is -0.960. The summed E-state index contributed by atoms with van der Waals surface area (Å²) >= 11 is 0.283. The molecular formula is C8H6FNS. The first-order valence-corrected chi connectivity index (χ1v) is 3.98. The summed E-state index contributed by atoms with van der Waals surface area (Å²) in [6.07, 6.45) is 1.81. The highest BCUT2D eigenvalue weighted by Gasteiger charge is 2.00. The molecule has 1 aromatic carbocycles. The van der Waals surface area contributed by atoms with Crippen molar-refractivity contribution in [3.8, 4) is 0 Å². The number of rotatable bonds is 1. The Balaban J connectivity index is 2.79. The van der Waals surface area contributed by atoms with Crippen LogP contribution in [0.4, 0.5) is 3.89 Å². The molecule has 1 aromatic heterocycles. The number of nitrogens with one attached hydrogen (secondary N) is 1. The molecule has 0 fully saturated rings. The van der Waals surface area contributed by atoms with Gasteiger partial charge < -0.3 is 4.98 Å². The molecular weight excluding hydrogens is 161 g/mol. The van der Waals surface area contributed by atoms with E-state index in [0.29, 0.717) is 4.90 Å². The third kappa shape index (κ3) is 1.01. The molecule has 11 heavy (non-hydrogen) atoms. The summed E-state index contributed by atoms with van der Waals surface area (Å²) < 4.78 is 12.2. The van der Waals surface area contributed by atoms with Gasteiger partial charge in [0.2, 0.25) is 0 Å². The van der Waals surface area contributed by atoms with E-state index >= 15 is 0 Å². The lowest BCUT2D eigenvalue weighted by molar-refractivity contribution is 0.936. The van der Waals surface area contributed by atoms with Gasteiger partial charge in [0.1, 0.15) is 0 Å². The molecule has 0 saturated carbocycles. The summed E-state index contributed by atoms with van der Waals surface area (Å²) in [7, 11) is 0. The number of aromatic nitrogens is 1. The van der Waals surface area contributed by atoms with Crippen molar-refractivity contribution in [2.24, 2.45) is 0 Å². The van der Waals surface area contributed by atoms with Crippen LogP contribution >= 0.6 is 12.1 Å². The molecule has 0 radical (unpaired) electrons. The number of halogens is 1. The molecule has 56 valence electrons. The van der Waals surface area contributed by atoms with Gasteiger partial charge in [-0.05, 0) is 18.2 Å². The van der Waals surface area contributed by atoms with Gasteiger partial charge in [-0.1, -0.05) is 6.07 Å². The smallest absolute Gasteiger partial charge is 0.0819 e. The molecule has 1 heterocycles. The van der Waals surface area contributed by atoms with Crippen molar-refractivity contribution in [2.45, 2.75) is 4.90 Å². The summed E-state index contributed by atoms with van der Waals surface area (Å²) in [6, 6.07) is 7.40. The number of H-pyrrole nitrogens is 1. The van der Waals surface area contributed by atoms with Gasteiger partial charge in [0.15, 0.2) is 0 Å². The molecule has 0 unspecified atom stereocenters. The first kappa shape index (κ1) is 6.73. The van der Waals surface area contributed by atoms with Gasteiger partial charge in [0, 0.05) is 17.1 Å². The maximum atomic E-state index is 12.2. The minimum absolute atomic E-state index is 0.283. The van der Waals surface area contributed by atoms with Gasteiger partial charge in [-0.15, -0.1) is 0 Å². The highest BCUT2D eigenvalue weighted by Crippen LogP contribution is 2.27. The van der Waals surface area contributed by atoms with Crippen LogP contribution in [0.5, 0.6) is 0 Å². The highest BCUT2D eigenvalue weighted by molar-refractivity contribution is 7.94. The van der Waals surface area contributed by atoms with E-state index in [1.165, 1.54) is 0 Å². The molecule has 0 aliphatic carbocycles. The van der Waals surface area contributed by atoms with E-state index in [1.54, 1.807) is 6.07 Å². The number of hydrogen-bond acceptors (Lipinski definition) is 1. The van der Waals surface area contributed by atoms with Crippen LogP contribution in [0, 0.1) is 0 Å². The minimum atomic E-state index is 0.283. The Morgan fingerprint density at radius 3 is 3.00 bits per heavy atom. The quantitative estimate of drug-likeness (QED) is 0.689. The lowest BCUT2D eigenvalue weighted by atomic mass is 10.2. The van der Waals surface area contributed by atoms with Gasteiger partial charge in [0.25, 0.3) is 0 Å². The largest absolute Gasteiger partial charge is 0.361 e. The number of benzene rings is 1. The molecule has 1 nitrogen and oxygen atoms in total. The van der Waals surface area contributed by atoms with Gasteiger partial charge in [-0.2, -0.15) is 3.89 Å². The summed E-state index contributed by atoms with van der Waals surface area (Å²) in [5.41, 5.74) is 0.979. The second-order valence-electron chi connectivity index (χ2n) is 2.27. The zero-order valence-electron chi connectivity index (χ0n) is 5.67. The number of fused-ring (bicyclic) bond motifs is 1. The summed E-state index contributed by atoms with van der Waals surface area (Å²) in [5, 5.41) is 0.944. The number of aromatic amines is 1. The lowest BCUT2D eigenvalue weighted by Gasteiger charge is -1.93. The van der Waals surface area contributed by atoms with Crippen LogP contribution in [0.3, 0.4) is 0 Å². The maximum absolute atomic E-state index is 12.2. The minimum Gasteiger partial charge on any atom is -0.361 e. The van der Waals surface area contributed by atoms with E-state index in [1.807, 2.05) is 24.4 Å². The molecule has 2 rings (SSSR count). The van der Waals surface area contributed by atoms with E-state index < -0.39 is 0 Å². The summed E-state index contributed by atoms with van der Waals surface area (Å²) in [6.45, 7) is 0. The predicted octanol–water partition coefficient (Wildman–Crippen LogP) is 3.14. The van der Waals surface area contributed by atoms with E-state index in [4.69, 9.17) is 0 Å². The molecule has 0 saturated heterocycles. The van der Waals surface area contributed by atoms with Crippen LogP contribution in [0.25, 0.3) is 10.9 Å². The lowest BCUT2D eigenvalue weighted by Crippen LogP contribution is -1.69. The van der Waals surface area contributed by atoms with E-state index in [-0.39, 0.29) is 12.1 Å². The van der Waals surface area contributed by atoms with Gasteiger partial charge in [0.05, 0.1) is 17.0 Å². The molecule has 0 aliphatic heterocycles. The van der Waals surface area contributed by atoms with Crippen molar-refractivity contribution < 1.29 is 3.89 Å². The van der Waals surface area contributed by atoms with Crippen LogP contribution in [-0.2, 0) is 0 Å². The fourth-order valence-corrected chi connectivity index (χ4v) is 1.51. The zero-order chi connectivity index (χ0) is 7.68. The Morgan fingerprint density at radius 2 is 2.18 bits per heavy atom. The summed E-state index contributed by atoms with van der Waals surface area (Å²) in [4.78, 5) is 3.68. The van der Waals surface area contributed by atoms with Crippen molar-refractivity contribution in [3.05, 3.63) is 30.5 Å². The van der Waals surface area contributed by atoms with Crippen molar-refractivity contribution >= 4 is 23.1 Å². The fourth-order valence-electron chi connectivity index (χ4n) is 1.12. The predicted molar refractivity (Wildman–Crippen MR) is 45.3 cm³/mol. The van der Waals surface area contributed by atoms with Crippen molar-refractivity contribution in [3.63, 3.8) is 0 Å². The monoisotopic (exact) mass is 167 g/mol. The Kier molecular flexibility index (Phi) is 1.58. The van der Waals surface area contributed by atoms with Crippen molar-refractivity contribution in [1.82, 2.24) is 4.98 Å².